The Kier molecular flexibility index (Phi) is 2.79. The third kappa shape index (κ3) is 2.20. The molecule has 0 saturated heterocycles. The second-order valence-electron chi connectivity index (χ2n) is 4.97. The second kappa shape index (κ2) is 3.93. The molecule has 1 aromatic heterocycles. The minimum Gasteiger partial charge on any atom is -0.385 e. The zero-order valence-electron chi connectivity index (χ0n) is 9.53. The summed E-state index contributed by atoms with van der Waals surface area (Å²) in [7, 11) is 0. The summed E-state index contributed by atoms with van der Waals surface area (Å²) in [5.41, 5.74) is 1.50. The van der Waals surface area contributed by atoms with Crippen molar-refractivity contribution < 1.29 is 5.11 Å². The van der Waals surface area contributed by atoms with Crippen LogP contribution in [0.5, 0.6) is 0 Å². The number of nitrogens with zero attached hydrogens (tertiary/aromatic N) is 1. The zero-order valence-corrected chi connectivity index (χ0v) is 9.53. The van der Waals surface area contributed by atoms with Gasteiger partial charge in [-0.25, -0.2) is 0 Å². The summed E-state index contributed by atoms with van der Waals surface area (Å²) in [5, 5.41) is 10.5. The molecule has 1 fully saturated rings. The fraction of sp³-hybridized carbons (Fsp3) is 0.615. The van der Waals surface area contributed by atoms with Gasteiger partial charge in [-0.1, -0.05) is 13.0 Å². The van der Waals surface area contributed by atoms with Crippen LogP contribution in [0.1, 0.15) is 43.7 Å². The minimum absolute atomic E-state index is 0.620. The van der Waals surface area contributed by atoms with E-state index in [0.717, 1.165) is 42.7 Å². The van der Waals surface area contributed by atoms with Gasteiger partial charge in [-0.05, 0) is 44.1 Å². The molecule has 0 amide bonds. The zero-order chi connectivity index (χ0) is 10.9. The first-order chi connectivity index (χ1) is 7.10. The van der Waals surface area contributed by atoms with Crippen LogP contribution < -0.4 is 0 Å². The summed E-state index contributed by atoms with van der Waals surface area (Å²) < 4.78 is 0. The van der Waals surface area contributed by atoms with E-state index in [2.05, 4.69) is 18.0 Å². The molecule has 2 heteroatoms. The van der Waals surface area contributed by atoms with Crippen LogP contribution in [-0.4, -0.2) is 10.1 Å². The predicted molar refractivity (Wildman–Crippen MR) is 60.5 cm³/mol. The molecule has 0 atom stereocenters. The van der Waals surface area contributed by atoms with Crippen LogP contribution in [0.15, 0.2) is 18.5 Å². The van der Waals surface area contributed by atoms with Gasteiger partial charge < -0.3 is 5.11 Å². The van der Waals surface area contributed by atoms with E-state index in [9.17, 15) is 5.11 Å². The van der Waals surface area contributed by atoms with Crippen LogP contribution in [-0.2, 0) is 5.60 Å². The van der Waals surface area contributed by atoms with Crippen molar-refractivity contribution in [3.8, 4) is 0 Å². The molecule has 1 aliphatic carbocycles. The molecule has 0 spiro atoms. The molecule has 0 aliphatic heterocycles. The molecule has 2 nitrogen and oxygen atoms in total. The summed E-state index contributed by atoms with van der Waals surface area (Å²) >= 11 is 0. The van der Waals surface area contributed by atoms with Gasteiger partial charge in [-0.15, -0.1) is 0 Å². The highest BCUT2D eigenvalue weighted by molar-refractivity contribution is 5.23. The maximum absolute atomic E-state index is 10.5. The van der Waals surface area contributed by atoms with E-state index in [1.807, 2.05) is 19.3 Å². The summed E-state index contributed by atoms with van der Waals surface area (Å²) in [5.74, 6) is 0.753. The van der Waals surface area contributed by atoms with Gasteiger partial charge in [0.1, 0.15) is 0 Å². The van der Waals surface area contributed by atoms with E-state index in [0.29, 0.717) is 0 Å². The molecule has 0 aromatic carbocycles. The van der Waals surface area contributed by atoms with Crippen molar-refractivity contribution in [2.75, 3.05) is 0 Å². The van der Waals surface area contributed by atoms with E-state index >= 15 is 0 Å². The van der Waals surface area contributed by atoms with Crippen LogP contribution in [0.25, 0.3) is 0 Å². The van der Waals surface area contributed by atoms with Gasteiger partial charge in [0.2, 0.25) is 0 Å². The molecule has 1 aliphatic rings. The summed E-state index contributed by atoms with van der Waals surface area (Å²) in [6, 6.07) is 2.06. The van der Waals surface area contributed by atoms with Crippen molar-refractivity contribution in [3.63, 3.8) is 0 Å². The Morgan fingerprint density at radius 1 is 1.33 bits per heavy atom. The van der Waals surface area contributed by atoms with Crippen LogP contribution in [0.4, 0.5) is 0 Å². The number of rotatable bonds is 1. The number of aryl methyl sites for hydroxylation is 1. The molecule has 1 saturated carbocycles. The van der Waals surface area contributed by atoms with Crippen molar-refractivity contribution in [1.29, 1.82) is 0 Å². The largest absolute Gasteiger partial charge is 0.385 e. The highest BCUT2D eigenvalue weighted by Gasteiger charge is 2.33. The Balaban J connectivity index is 2.22. The Hall–Kier alpha value is -0.890. The van der Waals surface area contributed by atoms with Crippen molar-refractivity contribution in [3.05, 3.63) is 29.6 Å². The number of pyridine rings is 1. The summed E-state index contributed by atoms with van der Waals surface area (Å²) in [4.78, 5) is 4.16. The lowest BCUT2D eigenvalue weighted by Crippen LogP contribution is -2.31. The molecule has 1 aromatic rings. The van der Waals surface area contributed by atoms with Gasteiger partial charge in [-0.2, -0.15) is 0 Å². The monoisotopic (exact) mass is 205 g/mol. The molecule has 1 heterocycles. The lowest BCUT2D eigenvalue weighted by molar-refractivity contribution is -0.0123. The molecule has 82 valence electrons. The average Bonchev–Trinajstić information content (AvgIpc) is 2.23. The molecule has 0 unspecified atom stereocenters. The highest BCUT2D eigenvalue weighted by Crippen LogP contribution is 2.39. The van der Waals surface area contributed by atoms with E-state index in [1.54, 1.807) is 0 Å². The van der Waals surface area contributed by atoms with Gasteiger partial charge in [0.15, 0.2) is 0 Å². The van der Waals surface area contributed by atoms with E-state index in [-0.39, 0.29) is 0 Å². The number of aliphatic hydroxyl groups is 1. The fourth-order valence-corrected chi connectivity index (χ4v) is 2.34. The Bertz CT molecular complexity index is 340. The summed E-state index contributed by atoms with van der Waals surface area (Å²) in [6.07, 6.45) is 7.62. The lowest BCUT2D eigenvalue weighted by atomic mass is 9.76. The van der Waals surface area contributed by atoms with E-state index in [1.165, 1.54) is 0 Å². The van der Waals surface area contributed by atoms with Crippen molar-refractivity contribution in [2.24, 2.45) is 5.92 Å². The first-order valence-electron chi connectivity index (χ1n) is 5.75. The third-order valence-corrected chi connectivity index (χ3v) is 3.51. The lowest BCUT2D eigenvalue weighted by Gasteiger charge is -2.35. The van der Waals surface area contributed by atoms with Crippen LogP contribution in [0, 0.1) is 12.8 Å². The van der Waals surface area contributed by atoms with Crippen molar-refractivity contribution in [1.82, 2.24) is 4.98 Å². The number of hydrogen-bond acceptors (Lipinski definition) is 2. The normalized spacial score (nSPS) is 31.5. The molecule has 0 radical (unpaired) electrons. The molecular weight excluding hydrogens is 186 g/mol. The van der Waals surface area contributed by atoms with Gasteiger partial charge in [0, 0.05) is 18.0 Å². The molecule has 1 N–H and O–H groups in total. The SMILES string of the molecule is Cc1cncc(C2(O)CCC(C)CC2)c1. The topological polar surface area (TPSA) is 33.1 Å². The summed E-state index contributed by atoms with van der Waals surface area (Å²) in [6.45, 7) is 4.28. The highest BCUT2D eigenvalue weighted by atomic mass is 16.3. The number of aromatic nitrogens is 1. The fourth-order valence-electron chi connectivity index (χ4n) is 2.34. The Morgan fingerprint density at radius 2 is 2.00 bits per heavy atom. The smallest absolute Gasteiger partial charge is 0.0911 e. The van der Waals surface area contributed by atoms with Crippen molar-refractivity contribution in [2.45, 2.75) is 45.1 Å². The maximum atomic E-state index is 10.5. The molecular formula is C13H19NO. The second-order valence-corrected chi connectivity index (χ2v) is 4.97. The number of hydrogen-bond donors (Lipinski definition) is 1. The molecule has 15 heavy (non-hydrogen) atoms. The van der Waals surface area contributed by atoms with Gasteiger partial charge >= 0.3 is 0 Å². The van der Waals surface area contributed by atoms with Gasteiger partial charge in [0.25, 0.3) is 0 Å². The average molecular weight is 205 g/mol. The quantitative estimate of drug-likeness (QED) is 0.764. The van der Waals surface area contributed by atoms with Crippen LogP contribution >= 0.6 is 0 Å². The van der Waals surface area contributed by atoms with E-state index < -0.39 is 5.60 Å². The minimum atomic E-state index is -0.620. The van der Waals surface area contributed by atoms with Crippen LogP contribution in [0.2, 0.25) is 0 Å². The standard InChI is InChI=1S/C13H19NO/c1-10-3-5-13(15,6-4-10)12-7-11(2)8-14-9-12/h7-10,15H,3-6H2,1-2H3. The Morgan fingerprint density at radius 3 is 2.60 bits per heavy atom. The first kappa shape index (κ1) is 10.6. The van der Waals surface area contributed by atoms with E-state index in [4.69, 9.17) is 0 Å². The van der Waals surface area contributed by atoms with Gasteiger partial charge in [-0.3, -0.25) is 4.98 Å². The van der Waals surface area contributed by atoms with Gasteiger partial charge in [0.05, 0.1) is 5.60 Å². The molecule has 0 bridgehead atoms. The first-order valence-corrected chi connectivity index (χ1v) is 5.75. The maximum Gasteiger partial charge on any atom is 0.0911 e. The van der Waals surface area contributed by atoms with Crippen molar-refractivity contribution >= 4 is 0 Å². The predicted octanol–water partition coefficient (Wildman–Crippen LogP) is 2.79. The molecule has 2 rings (SSSR count). The Labute approximate surface area is 91.4 Å². The van der Waals surface area contributed by atoms with Crippen LogP contribution in [0.3, 0.4) is 0 Å². The third-order valence-electron chi connectivity index (χ3n) is 3.51.